The highest BCUT2D eigenvalue weighted by Gasteiger charge is 2.20. The van der Waals surface area contributed by atoms with Gasteiger partial charge in [0.2, 0.25) is 0 Å². The maximum Gasteiger partial charge on any atom is 0.343 e. The third kappa shape index (κ3) is 3.20. The van der Waals surface area contributed by atoms with Gasteiger partial charge >= 0.3 is 5.97 Å². The van der Waals surface area contributed by atoms with Crippen molar-refractivity contribution in [1.82, 2.24) is 9.97 Å². The monoisotopic (exact) mass is 265 g/mol. The number of nitrogen functional groups attached to an aromatic ring is 1. The molecule has 19 heavy (non-hydrogen) atoms. The minimum atomic E-state index is -0.504. The van der Waals surface area contributed by atoms with E-state index in [1.807, 2.05) is 0 Å². The normalized spacial score (nSPS) is 19.2. The minimum absolute atomic E-state index is 0.150. The summed E-state index contributed by atoms with van der Waals surface area (Å²) >= 11 is 0. The topological polar surface area (TPSA) is 87.3 Å². The van der Waals surface area contributed by atoms with Crippen LogP contribution in [0, 0.1) is 6.92 Å². The average molecular weight is 265 g/mol. The Bertz CT molecular complexity index is 447. The summed E-state index contributed by atoms with van der Waals surface area (Å²) in [5, 5.41) is 0. The molecule has 0 aromatic carbocycles. The van der Waals surface area contributed by atoms with Gasteiger partial charge in [-0.2, -0.15) is 0 Å². The number of carbonyl (C=O) groups excluding carboxylic acids is 1. The maximum atomic E-state index is 11.5. The molecule has 1 saturated heterocycles. The van der Waals surface area contributed by atoms with Gasteiger partial charge < -0.3 is 15.2 Å². The fourth-order valence-electron chi connectivity index (χ4n) is 2.27. The number of ether oxygens (including phenoxy) is 2. The number of nitrogens with zero attached hydrogens (tertiary/aromatic N) is 2. The van der Waals surface area contributed by atoms with Crippen molar-refractivity contribution in [1.29, 1.82) is 0 Å². The number of carbonyl (C=O) groups is 1. The molecular formula is C13H19N3O3. The Labute approximate surface area is 112 Å². The molecule has 0 spiro atoms. The fourth-order valence-corrected chi connectivity index (χ4v) is 2.27. The van der Waals surface area contributed by atoms with Crippen LogP contribution in [0.2, 0.25) is 0 Å². The van der Waals surface area contributed by atoms with Crippen molar-refractivity contribution in [2.75, 3.05) is 19.5 Å². The van der Waals surface area contributed by atoms with Crippen LogP contribution in [0.5, 0.6) is 0 Å². The lowest BCUT2D eigenvalue weighted by molar-refractivity contribution is 0.0156. The molecule has 1 aliphatic rings. The first-order valence-electron chi connectivity index (χ1n) is 6.44. The van der Waals surface area contributed by atoms with Crippen LogP contribution in [0.3, 0.4) is 0 Å². The molecule has 6 nitrogen and oxygen atoms in total. The Hall–Kier alpha value is -1.69. The molecule has 1 aliphatic heterocycles. The predicted octanol–water partition coefficient (Wildman–Crippen LogP) is 1.27. The Kier molecular flexibility index (Phi) is 4.31. The van der Waals surface area contributed by atoms with Gasteiger partial charge in [-0.3, -0.25) is 0 Å². The quantitative estimate of drug-likeness (QED) is 0.828. The highest BCUT2D eigenvalue weighted by Crippen LogP contribution is 2.19. The van der Waals surface area contributed by atoms with Crippen molar-refractivity contribution in [2.24, 2.45) is 0 Å². The molecule has 2 rings (SSSR count). The molecule has 1 atom stereocenters. The molecule has 1 aromatic heterocycles. The average Bonchev–Trinajstić information content (AvgIpc) is 2.38. The molecule has 2 N–H and O–H groups in total. The first-order chi connectivity index (χ1) is 9.11. The molecule has 1 aromatic rings. The van der Waals surface area contributed by atoms with E-state index in [0.717, 1.165) is 19.4 Å². The van der Waals surface area contributed by atoms with Crippen molar-refractivity contribution in [3.63, 3.8) is 0 Å². The van der Waals surface area contributed by atoms with E-state index in [1.54, 1.807) is 6.92 Å². The summed E-state index contributed by atoms with van der Waals surface area (Å²) in [5.74, 6) is 0.287. The van der Waals surface area contributed by atoms with Gasteiger partial charge in [-0.05, 0) is 26.2 Å². The van der Waals surface area contributed by atoms with Gasteiger partial charge in [0.25, 0.3) is 0 Å². The fraction of sp³-hybridized carbons (Fsp3) is 0.615. The molecule has 1 unspecified atom stereocenters. The molecule has 0 saturated carbocycles. The first-order valence-corrected chi connectivity index (χ1v) is 6.44. The highest BCUT2D eigenvalue weighted by atomic mass is 16.5. The van der Waals surface area contributed by atoms with E-state index < -0.39 is 5.97 Å². The van der Waals surface area contributed by atoms with Crippen molar-refractivity contribution in [3.05, 3.63) is 17.1 Å². The Morgan fingerprint density at radius 3 is 2.84 bits per heavy atom. The van der Waals surface area contributed by atoms with Crippen LogP contribution in [0.4, 0.5) is 5.82 Å². The van der Waals surface area contributed by atoms with Crippen LogP contribution < -0.4 is 5.73 Å². The van der Waals surface area contributed by atoms with Crippen LogP contribution in [-0.2, 0) is 15.9 Å². The molecule has 0 amide bonds. The number of anilines is 1. The second-order valence-electron chi connectivity index (χ2n) is 4.67. The van der Waals surface area contributed by atoms with Crippen molar-refractivity contribution < 1.29 is 14.3 Å². The molecule has 0 aliphatic carbocycles. The number of aryl methyl sites for hydroxylation is 1. The van der Waals surface area contributed by atoms with Gasteiger partial charge in [0.1, 0.15) is 17.2 Å². The second kappa shape index (κ2) is 5.97. The summed E-state index contributed by atoms with van der Waals surface area (Å²) in [7, 11) is 1.31. The van der Waals surface area contributed by atoms with Gasteiger partial charge in [0.05, 0.1) is 18.9 Å². The summed E-state index contributed by atoms with van der Waals surface area (Å²) in [6, 6.07) is 0. The van der Waals surface area contributed by atoms with E-state index in [4.69, 9.17) is 10.5 Å². The van der Waals surface area contributed by atoms with E-state index in [9.17, 15) is 4.79 Å². The summed E-state index contributed by atoms with van der Waals surface area (Å²) in [6.45, 7) is 2.52. The van der Waals surface area contributed by atoms with E-state index in [2.05, 4.69) is 14.7 Å². The number of nitrogens with two attached hydrogens (primary N) is 1. The summed E-state index contributed by atoms with van der Waals surface area (Å²) in [4.78, 5) is 20.1. The molecular weight excluding hydrogens is 246 g/mol. The van der Waals surface area contributed by atoms with Crippen LogP contribution in [0.15, 0.2) is 0 Å². The largest absolute Gasteiger partial charge is 0.465 e. The van der Waals surface area contributed by atoms with Crippen LogP contribution >= 0.6 is 0 Å². The molecule has 0 bridgehead atoms. The molecule has 6 heteroatoms. The zero-order valence-electron chi connectivity index (χ0n) is 11.3. The lowest BCUT2D eigenvalue weighted by atomic mass is 10.1. The van der Waals surface area contributed by atoms with Gasteiger partial charge in [-0.25, -0.2) is 14.8 Å². The molecule has 104 valence electrons. The van der Waals surface area contributed by atoms with Crippen molar-refractivity contribution >= 4 is 11.8 Å². The smallest absolute Gasteiger partial charge is 0.343 e. The third-order valence-corrected chi connectivity index (χ3v) is 3.24. The van der Waals surface area contributed by atoms with Crippen LogP contribution in [-0.4, -0.2) is 35.8 Å². The Balaban J connectivity index is 2.17. The highest BCUT2D eigenvalue weighted by molar-refractivity contribution is 5.95. The zero-order valence-corrected chi connectivity index (χ0v) is 11.3. The zero-order chi connectivity index (χ0) is 13.8. The third-order valence-electron chi connectivity index (χ3n) is 3.24. The second-order valence-corrected chi connectivity index (χ2v) is 4.67. The number of esters is 1. The lowest BCUT2D eigenvalue weighted by Crippen LogP contribution is -2.23. The Morgan fingerprint density at radius 1 is 1.47 bits per heavy atom. The molecule has 0 radical (unpaired) electrons. The SMILES string of the molecule is COC(=O)c1c(C)nc(CC2CCCCO2)nc1N. The van der Waals surface area contributed by atoms with Gasteiger partial charge in [0.15, 0.2) is 0 Å². The lowest BCUT2D eigenvalue weighted by Gasteiger charge is -2.22. The number of rotatable bonds is 3. The van der Waals surface area contributed by atoms with Crippen molar-refractivity contribution in [2.45, 2.75) is 38.7 Å². The van der Waals surface area contributed by atoms with E-state index in [1.165, 1.54) is 13.5 Å². The number of aromatic nitrogens is 2. The van der Waals surface area contributed by atoms with Gasteiger partial charge in [0, 0.05) is 13.0 Å². The van der Waals surface area contributed by atoms with E-state index in [0.29, 0.717) is 17.9 Å². The van der Waals surface area contributed by atoms with Crippen LogP contribution in [0.1, 0.15) is 41.1 Å². The van der Waals surface area contributed by atoms with Gasteiger partial charge in [-0.15, -0.1) is 0 Å². The van der Waals surface area contributed by atoms with E-state index in [-0.39, 0.29) is 17.5 Å². The number of hydrogen-bond acceptors (Lipinski definition) is 6. The summed E-state index contributed by atoms with van der Waals surface area (Å²) < 4.78 is 10.3. The predicted molar refractivity (Wildman–Crippen MR) is 69.8 cm³/mol. The molecule has 2 heterocycles. The number of hydrogen-bond donors (Lipinski definition) is 1. The Morgan fingerprint density at radius 2 is 2.26 bits per heavy atom. The standard InChI is InChI=1S/C13H19N3O3/c1-8-11(13(17)18-2)12(14)16-10(15-8)7-9-5-3-4-6-19-9/h9H,3-7H2,1-2H3,(H2,14,15,16). The minimum Gasteiger partial charge on any atom is -0.465 e. The van der Waals surface area contributed by atoms with Crippen molar-refractivity contribution in [3.8, 4) is 0 Å². The summed E-state index contributed by atoms with van der Waals surface area (Å²) in [6.07, 6.45) is 4.07. The maximum absolute atomic E-state index is 11.5. The summed E-state index contributed by atoms with van der Waals surface area (Å²) in [5.41, 5.74) is 6.60. The van der Waals surface area contributed by atoms with Gasteiger partial charge in [-0.1, -0.05) is 0 Å². The number of methoxy groups -OCH3 is 1. The van der Waals surface area contributed by atoms with Crippen LogP contribution in [0.25, 0.3) is 0 Å². The molecule has 1 fully saturated rings. The van der Waals surface area contributed by atoms with E-state index >= 15 is 0 Å². The first kappa shape index (κ1) is 13.7.